The van der Waals surface area contributed by atoms with Crippen molar-refractivity contribution in [3.05, 3.63) is 65.9 Å². The van der Waals surface area contributed by atoms with Crippen LogP contribution in [0, 0.1) is 0 Å². The zero-order valence-corrected chi connectivity index (χ0v) is 17.8. The molecule has 1 aliphatic heterocycles. The Kier molecular flexibility index (Phi) is 5.45. The molecule has 0 saturated carbocycles. The van der Waals surface area contributed by atoms with E-state index in [0.717, 1.165) is 12.3 Å². The molecule has 0 atom stereocenters. The predicted molar refractivity (Wildman–Crippen MR) is 112 cm³/mol. The van der Waals surface area contributed by atoms with Gasteiger partial charge in [0.25, 0.3) is 5.91 Å². The van der Waals surface area contributed by atoms with Gasteiger partial charge in [0.2, 0.25) is 0 Å². The van der Waals surface area contributed by atoms with Gasteiger partial charge in [0.15, 0.2) is 17.2 Å². The van der Waals surface area contributed by atoms with Crippen LogP contribution in [0.15, 0.2) is 48.9 Å². The molecule has 1 amide bonds. The molecule has 1 aromatic carbocycles. The third-order valence-electron chi connectivity index (χ3n) is 5.20. The maximum Gasteiger partial charge on any atom is 0.434 e. The molecule has 0 fully saturated rings. The van der Waals surface area contributed by atoms with Gasteiger partial charge in [-0.2, -0.15) is 31.4 Å². The van der Waals surface area contributed by atoms with E-state index in [1.807, 2.05) is 5.32 Å². The van der Waals surface area contributed by atoms with Crippen molar-refractivity contribution in [2.24, 2.45) is 0 Å². The maximum absolute atomic E-state index is 14.2. The van der Waals surface area contributed by atoms with Gasteiger partial charge in [-0.3, -0.25) is 14.8 Å². The van der Waals surface area contributed by atoms with Crippen LogP contribution in [0.25, 0.3) is 16.6 Å². The Morgan fingerprint density at radius 3 is 2.50 bits per heavy atom. The number of hydrogen-bond donors (Lipinski definition) is 1. The summed E-state index contributed by atoms with van der Waals surface area (Å²) in [5, 5.41) is 6.08. The Bertz CT molecular complexity index is 1480. The van der Waals surface area contributed by atoms with Crippen LogP contribution < -0.4 is 14.8 Å². The molecule has 0 saturated heterocycles. The average molecular weight is 509 g/mol. The van der Waals surface area contributed by atoms with E-state index in [4.69, 9.17) is 9.47 Å². The average Bonchev–Trinajstić information content (AvgIpc) is 3.29. The van der Waals surface area contributed by atoms with Crippen LogP contribution in [0.4, 0.5) is 32.0 Å². The quantitative estimate of drug-likeness (QED) is 0.396. The fourth-order valence-corrected chi connectivity index (χ4v) is 3.73. The Morgan fingerprint density at radius 2 is 1.75 bits per heavy atom. The van der Waals surface area contributed by atoms with E-state index in [2.05, 4.69) is 15.1 Å². The van der Waals surface area contributed by atoms with Crippen LogP contribution in [0.1, 0.15) is 21.7 Å². The molecular formula is C22H13F6N5O3. The largest absolute Gasteiger partial charge is 0.486 e. The standard InChI is InChI=1S/C22H13F6N5O3/c23-21(24,25)16-8-11(3-5-29-16)32-20(34)13-10-31-33(19(13)22(26,27)28)14-9-15-18(36-7-6-35-15)17-12(14)2-1-4-30-17/h1-5,8-10H,6-7H2,(H,29,32,34). The fourth-order valence-electron chi connectivity index (χ4n) is 3.73. The number of hydrogen-bond acceptors (Lipinski definition) is 6. The Balaban J connectivity index is 1.62. The van der Waals surface area contributed by atoms with E-state index in [1.165, 1.54) is 24.4 Å². The lowest BCUT2D eigenvalue weighted by atomic mass is 10.1. The second kappa shape index (κ2) is 8.39. The highest BCUT2D eigenvalue weighted by Gasteiger charge is 2.41. The number of benzene rings is 1. The van der Waals surface area contributed by atoms with Gasteiger partial charge in [-0.15, -0.1) is 0 Å². The summed E-state index contributed by atoms with van der Waals surface area (Å²) in [5.41, 5.74) is -3.90. The number of amides is 1. The Labute approximate surface area is 197 Å². The number of ether oxygens (including phenoxy) is 2. The van der Waals surface area contributed by atoms with Gasteiger partial charge in [-0.1, -0.05) is 0 Å². The molecule has 0 bridgehead atoms. The topological polar surface area (TPSA) is 91.2 Å². The summed E-state index contributed by atoms with van der Waals surface area (Å²) in [6, 6.07) is 5.84. The molecule has 5 rings (SSSR count). The highest BCUT2D eigenvalue weighted by molar-refractivity contribution is 6.05. The normalized spacial score (nSPS) is 13.6. The third-order valence-corrected chi connectivity index (χ3v) is 5.20. The molecule has 4 heterocycles. The van der Waals surface area contributed by atoms with Gasteiger partial charge in [0.05, 0.1) is 17.4 Å². The monoisotopic (exact) mass is 509 g/mol. The minimum absolute atomic E-state index is 0.0861. The Morgan fingerprint density at radius 1 is 0.972 bits per heavy atom. The minimum atomic E-state index is -5.07. The van der Waals surface area contributed by atoms with E-state index in [-0.39, 0.29) is 41.3 Å². The molecule has 0 radical (unpaired) electrons. The third kappa shape index (κ3) is 4.14. The van der Waals surface area contributed by atoms with Crippen molar-refractivity contribution in [2.45, 2.75) is 12.4 Å². The smallest absolute Gasteiger partial charge is 0.434 e. The van der Waals surface area contributed by atoms with Crippen LogP contribution in [-0.2, 0) is 12.4 Å². The first kappa shape index (κ1) is 23.4. The molecule has 0 unspecified atom stereocenters. The van der Waals surface area contributed by atoms with Crippen molar-refractivity contribution >= 4 is 22.5 Å². The van der Waals surface area contributed by atoms with E-state index in [1.54, 1.807) is 0 Å². The molecule has 4 aromatic rings. The lowest BCUT2D eigenvalue weighted by Crippen LogP contribution is -2.21. The highest BCUT2D eigenvalue weighted by atomic mass is 19.4. The number of nitrogens with zero attached hydrogens (tertiary/aromatic N) is 4. The summed E-state index contributed by atoms with van der Waals surface area (Å²) < 4.78 is 93.0. The first-order valence-corrected chi connectivity index (χ1v) is 10.2. The van der Waals surface area contributed by atoms with Crippen LogP contribution in [-0.4, -0.2) is 38.9 Å². The molecule has 0 spiro atoms. The molecule has 8 nitrogen and oxygen atoms in total. The number of anilines is 1. The fraction of sp³-hybridized carbons (Fsp3) is 0.182. The summed E-state index contributed by atoms with van der Waals surface area (Å²) >= 11 is 0. The van der Waals surface area contributed by atoms with Crippen LogP contribution in [0.3, 0.4) is 0 Å². The highest BCUT2D eigenvalue weighted by Crippen LogP contribution is 2.42. The SMILES string of the molecule is O=C(Nc1ccnc(C(F)(F)F)c1)c1cnn(-c2cc3c(c4ncccc24)OCCO3)c1C(F)(F)F. The van der Waals surface area contributed by atoms with Crippen molar-refractivity contribution in [2.75, 3.05) is 18.5 Å². The first-order chi connectivity index (χ1) is 17.0. The number of carbonyl (C=O) groups is 1. The first-order valence-electron chi connectivity index (χ1n) is 10.2. The van der Waals surface area contributed by atoms with Gasteiger partial charge in [-0.25, -0.2) is 4.68 Å². The van der Waals surface area contributed by atoms with Gasteiger partial charge in [-0.05, 0) is 24.3 Å². The summed E-state index contributed by atoms with van der Waals surface area (Å²) in [4.78, 5) is 20.1. The predicted octanol–water partition coefficient (Wildman–Crippen LogP) is 4.88. The second-order valence-electron chi connectivity index (χ2n) is 7.52. The van der Waals surface area contributed by atoms with Crippen LogP contribution in [0.2, 0.25) is 0 Å². The maximum atomic E-state index is 14.2. The van der Waals surface area contributed by atoms with Crippen molar-refractivity contribution in [1.29, 1.82) is 0 Å². The number of halogens is 6. The minimum Gasteiger partial charge on any atom is -0.486 e. The lowest BCUT2D eigenvalue weighted by Gasteiger charge is -2.22. The molecule has 36 heavy (non-hydrogen) atoms. The van der Waals surface area contributed by atoms with Gasteiger partial charge in [0.1, 0.15) is 24.4 Å². The summed E-state index contributed by atoms with van der Waals surface area (Å²) in [7, 11) is 0. The summed E-state index contributed by atoms with van der Waals surface area (Å²) in [6.45, 7) is 0.387. The molecule has 1 N–H and O–H groups in total. The number of alkyl halides is 6. The molecule has 186 valence electrons. The zero-order valence-electron chi connectivity index (χ0n) is 17.8. The van der Waals surface area contributed by atoms with Gasteiger partial charge >= 0.3 is 12.4 Å². The number of rotatable bonds is 3. The number of pyridine rings is 2. The van der Waals surface area contributed by atoms with E-state index in [9.17, 15) is 31.1 Å². The van der Waals surface area contributed by atoms with Crippen LogP contribution >= 0.6 is 0 Å². The molecule has 1 aliphatic rings. The number of carbonyl (C=O) groups excluding carboxylic acids is 1. The number of fused-ring (bicyclic) bond motifs is 3. The van der Waals surface area contributed by atoms with Crippen molar-refractivity contribution < 1.29 is 40.6 Å². The Hall–Kier alpha value is -4.36. The van der Waals surface area contributed by atoms with E-state index in [0.29, 0.717) is 16.9 Å². The molecular weight excluding hydrogens is 496 g/mol. The molecule has 0 aliphatic carbocycles. The lowest BCUT2D eigenvalue weighted by molar-refractivity contribution is -0.143. The molecule has 14 heteroatoms. The molecule has 3 aromatic heterocycles. The number of nitrogens with one attached hydrogen (secondary N) is 1. The second-order valence-corrected chi connectivity index (χ2v) is 7.52. The van der Waals surface area contributed by atoms with Crippen molar-refractivity contribution in [3.63, 3.8) is 0 Å². The summed E-state index contributed by atoms with van der Waals surface area (Å²) in [6.07, 6.45) is -6.98. The van der Waals surface area contributed by atoms with Crippen LogP contribution in [0.5, 0.6) is 11.5 Å². The van der Waals surface area contributed by atoms with Gasteiger partial charge in [0, 0.05) is 29.5 Å². The van der Waals surface area contributed by atoms with Gasteiger partial charge < -0.3 is 14.8 Å². The van der Waals surface area contributed by atoms with Crippen molar-refractivity contribution in [1.82, 2.24) is 19.7 Å². The zero-order chi connectivity index (χ0) is 25.7. The van der Waals surface area contributed by atoms with Crippen molar-refractivity contribution in [3.8, 4) is 17.2 Å². The van der Waals surface area contributed by atoms with E-state index < -0.39 is 40.9 Å². The summed E-state index contributed by atoms with van der Waals surface area (Å²) in [5.74, 6) is -0.904. The number of aromatic nitrogens is 4. The van der Waals surface area contributed by atoms with E-state index >= 15 is 0 Å².